The molecule has 4 rings (SSSR count). The number of nitro groups is 1. The molecular formula is C19H12F2N2O3S. The molecule has 0 aliphatic carbocycles. The summed E-state index contributed by atoms with van der Waals surface area (Å²) < 4.78 is 28.5. The Morgan fingerprint density at radius 3 is 2.56 bits per heavy atom. The van der Waals surface area contributed by atoms with E-state index < -0.39 is 22.5 Å². The summed E-state index contributed by atoms with van der Waals surface area (Å²) in [5, 5.41) is 12.6. The monoisotopic (exact) mass is 386 g/mol. The van der Waals surface area contributed by atoms with E-state index in [1.54, 1.807) is 0 Å². The van der Waals surface area contributed by atoms with Crippen molar-refractivity contribution in [2.45, 2.75) is 6.42 Å². The number of carbonyl (C=O) groups is 1. The fourth-order valence-electron chi connectivity index (χ4n) is 3.18. The molecule has 1 amide bonds. The van der Waals surface area contributed by atoms with Gasteiger partial charge in [0, 0.05) is 29.1 Å². The predicted molar refractivity (Wildman–Crippen MR) is 98.1 cm³/mol. The molecule has 2 heterocycles. The zero-order valence-electron chi connectivity index (χ0n) is 13.8. The summed E-state index contributed by atoms with van der Waals surface area (Å²) in [5.74, 6) is -2.38. The van der Waals surface area contributed by atoms with E-state index in [1.807, 2.05) is 11.4 Å². The van der Waals surface area contributed by atoms with Crippen LogP contribution in [0.25, 0.3) is 10.4 Å². The Labute approximate surface area is 156 Å². The highest BCUT2D eigenvalue weighted by Crippen LogP contribution is 2.42. The van der Waals surface area contributed by atoms with Gasteiger partial charge in [0.05, 0.1) is 16.2 Å². The van der Waals surface area contributed by atoms with Crippen LogP contribution in [0.4, 0.5) is 20.2 Å². The molecule has 0 N–H and O–H groups in total. The number of hydrogen-bond acceptors (Lipinski definition) is 4. The van der Waals surface area contributed by atoms with Gasteiger partial charge < -0.3 is 4.90 Å². The van der Waals surface area contributed by atoms with Crippen LogP contribution in [-0.4, -0.2) is 17.4 Å². The minimum atomic E-state index is -0.986. The zero-order valence-corrected chi connectivity index (χ0v) is 14.6. The van der Waals surface area contributed by atoms with Crippen LogP contribution in [0.2, 0.25) is 0 Å². The molecule has 0 fully saturated rings. The lowest BCUT2D eigenvalue weighted by Gasteiger charge is -2.23. The van der Waals surface area contributed by atoms with Crippen LogP contribution in [0, 0.1) is 21.7 Å². The number of rotatable bonds is 2. The van der Waals surface area contributed by atoms with E-state index in [4.69, 9.17) is 0 Å². The number of thiophene rings is 1. The topological polar surface area (TPSA) is 63.4 Å². The molecule has 0 unspecified atom stereocenters. The third-order valence-electron chi connectivity index (χ3n) is 4.51. The first-order valence-electron chi connectivity index (χ1n) is 8.08. The van der Waals surface area contributed by atoms with Gasteiger partial charge in [0.25, 0.3) is 11.6 Å². The third-order valence-corrected chi connectivity index (χ3v) is 5.49. The maximum Gasteiger partial charge on any atom is 0.269 e. The van der Waals surface area contributed by atoms with Crippen molar-refractivity contribution in [1.29, 1.82) is 0 Å². The van der Waals surface area contributed by atoms with E-state index in [-0.39, 0.29) is 23.4 Å². The van der Waals surface area contributed by atoms with Gasteiger partial charge in [-0.3, -0.25) is 14.9 Å². The molecular weight excluding hydrogens is 374 g/mol. The molecule has 0 bridgehead atoms. The molecule has 0 atom stereocenters. The van der Waals surface area contributed by atoms with Crippen molar-refractivity contribution in [1.82, 2.24) is 0 Å². The molecule has 5 nitrogen and oxygen atoms in total. The summed E-state index contributed by atoms with van der Waals surface area (Å²) in [6, 6.07) is 9.45. The Balaban J connectivity index is 1.81. The number of fused-ring (bicyclic) bond motifs is 3. The minimum absolute atomic E-state index is 0.0766. The predicted octanol–water partition coefficient (Wildman–Crippen LogP) is 4.80. The SMILES string of the molecule is O=C(c1ccc([N+](=O)[O-])cc1)N1CCc2ccsc2-c2c1ccc(F)c2F. The fourth-order valence-corrected chi connectivity index (χ4v) is 4.18. The average Bonchev–Trinajstić information content (AvgIpc) is 3.06. The molecule has 8 heteroatoms. The number of carbonyl (C=O) groups excluding carboxylic acids is 1. The van der Waals surface area contributed by atoms with E-state index in [2.05, 4.69) is 0 Å². The summed E-state index contributed by atoms with van der Waals surface area (Å²) in [7, 11) is 0. The maximum absolute atomic E-state index is 14.6. The van der Waals surface area contributed by atoms with Crippen molar-refractivity contribution in [3.05, 3.63) is 80.7 Å². The molecule has 0 spiro atoms. The lowest BCUT2D eigenvalue weighted by Crippen LogP contribution is -2.32. The lowest BCUT2D eigenvalue weighted by molar-refractivity contribution is -0.384. The first-order chi connectivity index (χ1) is 13.0. The second-order valence-corrected chi connectivity index (χ2v) is 6.96. The molecule has 3 aromatic rings. The lowest BCUT2D eigenvalue weighted by atomic mass is 10.1. The van der Waals surface area contributed by atoms with Gasteiger partial charge in [-0.05, 0) is 47.7 Å². The number of benzene rings is 2. The van der Waals surface area contributed by atoms with E-state index in [0.717, 1.165) is 11.6 Å². The molecule has 27 heavy (non-hydrogen) atoms. The van der Waals surface area contributed by atoms with E-state index in [1.165, 1.54) is 46.6 Å². The number of anilines is 1. The number of amides is 1. The van der Waals surface area contributed by atoms with Crippen molar-refractivity contribution >= 4 is 28.6 Å². The molecule has 1 aliphatic heterocycles. The Morgan fingerprint density at radius 2 is 1.85 bits per heavy atom. The molecule has 1 aromatic heterocycles. The summed E-state index contributed by atoms with van der Waals surface area (Å²) in [4.78, 5) is 25.3. The van der Waals surface area contributed by atoms with Crippen LogP contribution >= 0.6 is 11.3 Å². The largest absolute Gasteiger partial charge is 0.307 e. The molecule has 0 saturated carbocycles. The van der Waals surface area contributed by atoms with E-state index in [0.29, 0.717) is 17.0 Å². The average molecular weight is 386 g/mol. The summed E-state index contributed by atoms with van der Waals surface area (Å²) in [5.41, 5.74) is 1.33. The first-order valence-corrected chi connectivity index (χ1v) is 8.96. The second-order valence-electron chi connectivity index (χ2n) is 6.04. The molecule has 0 radical (unpaired) electrons. The van der Waals surface area contributed by atoms with Gasteiger partial charge in [-0.25, -0.2) is 8.78 Å². The van der Waals surface area contributed by atoms with Crippen molar-refractivity contribution < 1.29 is 18.5 Å². The Bertz CT molecular complexity index is 1060. The fraction of sp³-hybridized carbons (Fsp3) is 0.105. The minimum Gasteiger partial charge on any atom is -0.307 e. The van der Waals surface area contributed by atoms with Gasteiger partial charge in [-0.15, -0.1) is 11.3 Å². The third kappa shape index (κ3) is 2.87. The number of non-ortho nitro benzene ring substituents is 1. The Morgan fingerprint density at radius 1 is 1.11 bits per heavy atom. The highest BCUT2D eigenvalue weighted by atomic mass is 32.1. The Kier molecular flexibility index (Phi) is 4.19. The summed E-state index contributed by atoms with van der Waals surface area (Å²) >= 11 is 1.30. The normalized spacial score (nSPS) is 12.9. The van der Waals surface area contributed by atoms with Gasteiger partial charge in [0.15, 0.2) is 11.6 Å². The van der Waals surface area contributed by atoms with Gasteiger partial charge >= 0.3 is 0 Å². The van der Waals surface area contributed by atoms with Crippen molar-refractivity contribution in [3.63, 3.8) is 0 Å². The van der Waals surface area contributed by atoms with Crippen LogP contribution in [0.15, 0.2) is 47.8 Å². The number of hydrogen-bond donors (Lipinski definition) is 0. The van der Waals surface area contributed by atoms with Crippen LogP contribution < -0.4 is 4.90 Å². The zero-order chi connectivity index (χ0) is 19.1. The van der Waals surface area contributed by atoms with Crippen LogP contribution in [0.1, 0.15) is 15.9 Å². The smallest absolute Gasteiger partial charge is 0.269 e. The molecule has 1 aliphatic rings. The number of halogens is 2. The molecule has 2 aromatic carbocycles. The second kappa shape index (κ2) is 6.55. The highest BCUT2D eigenvalue weighted by molar-refractivity contribution is 7.13. The van der Waals surface area contributed by atoms with Gasteiger partial charge in [-0.2, -0.15) is 0 Å². The quantitative estimate of drug-likeness (QED) is 0.469. The molecule has 0 saturated heterocycles. The van der Waals surface area contributed by atoms with Crippen LogP contribution in [0.5, 0.6) is 0 Å². The van der Waals surface area contributed by atoms with Gasteiger partial charge in [0.1, 0.15) is 0 Å². The number of nitro benzene ring substituents is 1. The van der Waals surface area contributed by atoms with Crippen molar-refractivity contribution in [2.24, 2.45) is 0 Å². The first kappa shape index (κ1) is 17.3. The standard InChI is InChI=1S/C19H12F2N2O3S/c20-14-5-6-15-16(17(14)21)18-11(8-10-27-18)7-9-22(15)19(24)12-1-3-13(4-2-12)23(25)26/h1-6,8,10H,7,9H2. The maximum atomic E-state index is 14.6. The van der Waals surface area contributed by atoms with Crippen molar-refractivity contribution in [3.8, 4) is 10.4 Å². The highest BCUT2D eigenvalue weighted by Gasteiger charge is 2.29. The van der Waals surface area contributed by atoms with Crippen molar-refractivity contribution in [2.75, 3.05) is 11.4 Å². The van der Waals surface area contributed by atoms with Crippen LogP contribution in [0.3, 0.4) is 0 Å². The van der Waals surface area contributed by atoms with E-state index in [9.17, 15) is 23.7 Å². The Hall–Kier alpha value is -3.13. The summed E-state index contributed by atoms with van der Waals surface area (Å²) in [6.07, 6.45) is 0.493. The van der Waals surface area contributed by atoms with Crippen LogP contribution in [-0.2, 0) is 6.42 Å². The molecule has 136 valence electrons. The number of nitrogens with zero attached hydrogens (tertiary/aromatic N) is 2. The summed E-state index contributed by atoms with van der Waals surface area (Å²) in [6.45, 7) is 0.289. The van der Waals surface area contributed by atoms with Gasteiger partial charge in [-0.1, -0.05) is 0 Å². The van der Waals surface area contributed by atoms with E-state index >= 15 is 0 Å². The van der Waals surface area contributed by atoms with Gasteiger partial charge in [0.2, 0.25) is 0 Å².